The molecule has 0 amide bonds. The molecule has 0 radical (unpaired) electrons. The van der Waals surface area contributed by atoms with E-state index in [-0.39, 0.29) is 16.3 Å². The number of hydrogen-bond donors (Lipinski definition) is 1. The number of aryl methyl sites for hydroxylation is 4. The lowest BCUT2D eigenvalue weighted by Gasteiger charge is -2.13. The Morgan fingerprint density at radius 3 is 2.19 bits per heavy atom. The molecule has 2 rings (SSSR count). The Bertz CT molecular complexity index is 831. The van der Waals surface area contributed by atoms with Gasteiger partial charge in [0.05, 0.1) is 4.90 Å². The lowest BCUT2D eigenvalue weighted by Crippen LogP contribution is -2.22. The Labute approximate surface area is 123 Å². The summed E-state index contributed by atoms with van der Waals surface area (Å²) in [6, 6.07) is 6.24. The molecule has 0 aliphatic rings. The van der Waals surface area contributed by atoms with Gasteiger partial charge >= 0.3 is 0 Å². The molecule has 7 heteroatoms. The molecular formula is C14H17N3O3S. The van der Waals surface area contributed by atoms with Crippen molar-refractivity contribution >= 4 is 15.8 Å². The molecule has 2 aromatic rings. The van der Waals surface area contributed by atoms with Crippen LogP contribution in [0.3, 0.4) is 0 Å². The van der Waals surface area contributed by atoms with Crippen molar-refractivity contribution in [3.8, 4) is 0 Å². The van der Waals surface area contributed by atoms with Gasteiger partial charge in [-0.15, -0.1) is 0 Å². The zero-order chi connectivity index (χ0) is 15.8. The van der Waals surface area contributed by atoms with Gasteiger partial charge < -0.3 is 0 Å². The molecule has 0 unspecified atom stereocenters. The monoisotopic (exact) mass is 307 g/mol. The summed E-state index contributed by atoms with van der Waals surface area (Å²) in [5, 5.41) is 3.87. The van der Waals surface area contributed by atoms with Gasteiger partial charge in [-0.1, -0.05) is 17.7 Å². The fourth-order valence-corrected chi connectivity index (χ4v) is 3.79. The van der Waals surface area contributed by atoms with Crippen LogP contribution in [0.15, 0.2) is 34.0 Å². The summed E-state index contributed by atoms with van der Waals surface area (Å²) in [7, 11) is -2.29. The van der Waals surface area contributed by atoms with Crippen LogP contribution in [-0.2, 0) is 17.1 Å². The molecule has 1 aromatic carbocycles. The van der Waals surface area contributed by atoms with E-state index in [1.165, 1.54) is 19.2 Å². The van der Waals surface area contributed by atoms with Gasteiger partial charge in [0, 0.05) is 13.1 Å². The third-order valence-corrected chi connectivity index (χ3v) is 4.73. The van der Waals surface area contributed by atoms with Crippen LogP contribution < -0.4 is 10.3 Å². The van der Waals surface area contributed by atoms with E-state index in [1.54, 1.807) is 13.8 Å². The van der Waals surface area contributed by atoms with Crippen molar-refractivity contribution in [3.05, 3.63) is 51.3 Å². The van der Waals surface area contributed by atoms with E-state index in [1.807, 2.05) is 19.1 Å². The number of aromatic nitrogens is 2. The Kier molecular flexibility index (Phi) is 3.87. The number of nitrogens with one attached hydrogen (secondary N) is 1. The molecule has 21 heavy (non-hydrogen) atoms. The van der Waals surface area contributed by atoms with Crippen LogP contribution in [0, 0.1) is 20.8 Å². The highest BCUT2D eigenvalue weighted by Crippen LogP contribution is 2.23. The largest absolute Gasteiger partial charge is 0.268 e. The highest BCUT2D eigenvalue weighted by Gasteiger charge is 2.20. The summed E-state index contributed by atoms with van der Waals surface area (Å²) in [4.78, 5) is 11.5. The van der Waals surface area contributed by atoms with Gasteiger partial charge in [-0.3, -0.25) is 9.52 Å². The van der Waals surface area contributed by atoms with Crippen molar-refractivity contribution in [3.63, 3.8) is 0 Å². The molecule has 0 aliphatic heterocycles. The highest BCUT2D eigenvalue weighted by atomic mass is 32.2. The van der Waals surface area contributed by atoms with Gasteiger partial charge in [0.15, 0.2) is 5.82 Å². The molecule has 112 valence electrons. The lowest BCUT2D eigenvalue weighted by molar-refractivity contribution is 0.599. The Hall–Kier alpha value is -2.15. The Morgan fingerprint density at radius 2 is 1.67 bits per heavy atom. The van der Waals surface area contributed by atoms with Crippen molar-refractivity contribution in [2.24, 2.45) is 7.05 Å². The SMILES string of the molecule is Cc1cc(C)c(S(=O)(=O)Nc2ccc(=O)n(C)n2)c(C)c1. The first-order valence-corrected chi connectivity index (χ1v) is 7.84. The van der Waals surface area contributed by atoms with Crippen molar-refractivity contribution in [1.29, 1.82) is 0 Å². The second-order valence-corrected chi connectivity index (χ2v) is 6.63. The van der Waals surface area contributed by atoms with Crippen molar-refractivity contribution in [2.75, 3.05) is 4.72 Å². The maximum Gasteiger partial charge on any atom is 0.266 e. The molecule has 0 bridgehead atoms. The normalized spacial score (nSPS) is 11.4. The highest BCUT2D eigenvalue weighted by molar-refractivity contribution is 7.92. The van der Waals surface area contributed by atoms with Crippen LogP contribution in [0.5, 0.6) is 0 Å². The number of benzene rings is 1. The number of rotatable bonds is 3. The summed E-state index contributed by atoms with van der Waals surface area (Å²) in [5.74, 6) is 0.108. The number of anilines is 1. The minimum atomic E-state index is -3.75. The maximum absolute atomic E-state index is 12.5. The fraction of sp³-hybridized carbons (Fsp3) is 0.286. The summed E-state index contributed by atoms with van der Waals surface area (Å²) in [6.07, 6.45) is 0. The third kappa shape index (κ3) is 3.13. The topological polar surface area (TPSA) is 81.1 Å². The second kappa shape index (κ2) is 5.33. The van der Waals surface area contributed by atoms with Crippen LogP contribution >= 0.6 is 0 Å². The zero-order valence-corrected chi connectivity index (χ0v) is 13.2. The first-order chi connectivity index (χ1) is 9.70. The zero-order valence-electron chi connectivity index (χ0n) is 12.3. The first kappa shape index (κ1) is 15.2. The second-order valence-electron chi connectivity index (χ2n) is 5.01. The van der Waals surface area contributed by atoms with Gasteiger partial charge in [0.1, 0.15) is 0 Å². The van der Waals surface area contributed by atoms with E-state index >= 15 is 0 Å². The molecule has 0 aliphatic carbocycles. The van der Waals surface area contributed by atoms with Gasteiger partial charge in [0.2, 0.25) is 0 Å². The summed E-state index contributed by atoms with van der Waals surface area (Å²) < 4.78 is 28.5. The average molecular weight is 307 g/mol. The van der Waals surface area contributed by atoms with Crippen LogP contribution in [0.1, 0.15) is 16.7 Å². The van der Waals surface area contributed by atoms with Crippen molar-refractivity contribution in [1.82, 2.24) is 9.78 Å². The quantitative estimate of drug-likeness (QED) is 0.932. The van der Waals surface area contributed by atoms with Crippen LogP contribution in [0.4, 0.5) is 5.82 Å². The third-order valence-electron chi connectivity index (χ3n) is 3.07. The van der Waals surface area contributed by atoms with Gasteiger partial charge in [0.25, 0.3) is 15.6 Å². The summed E-state index contributed by atoms with van der Waals surface area (Å²) in [6.45, 7) is 5.42. The Balaban J connectivity index is 2.48. The molecule has 1 heterocycles. The summed E-state index contributed by atoms with van der Waals surface area (Å²) >= 11 is 0. The van der Waals surface area contributed by atoms with E-state index in [0.29, 0.717) is 11.1 Å². The number of nitrogens with zero attached hydrogens (tertiary/aromatic N) is 2. The van der Waals surface area contributed by atoms with E-state index in [2.05, 4.69) is 9.82 Å². The van der Waals surface area contributed by atoms with Crippen LogP contribution in [0.2, 0.25) is 0 Å². The molecule has 0 fully saturated rings. The standard InChI is InChI=1S/C14H17N3O3S/c1-9-7-10(2)14(11(3)8-9)21(19,20)16-12-5-6-13(18)17(4)15-12/h5-8H,1-4H3,(H,15,16). The summed E-state index contributed by atoms with van der Waals surface area (Å²) in [5.41, 5.74) is 2.04. The number of hydrogen-bond acceptors (Lipinski definition) is 4. The molecule has 1 N–H and O–H groups in total. The van der Waals surface area contributed by atoms with Crippen molar-refractivity contribution in [2.45, 2.75) is 25.7 Å². The van der Waals surface area contributed by atoms with E-state index in [0.717, 1.165) is 10.2 Å². The van der Waals surface area contributed by atoms with E-state index in [4.69, 9.17) is 0 Å². The molecule has 1 aromatic heterocycles. The smallest absolute Gasteiger partial charge is 0.266 e. The fourth-order valence-electron chi connectivity index (χ4n) is 2.34. The van der Waals surface area contributed by atoms with Crippen molar-refractivity contribution < 1.29 is 8.42 Å². The van der Waals surface area contributed by atoms with Gasteiger partial charge in [-0.05, 0) is 38.0 Å². The average Bonchev–Trinajstić information content (AvgIpc) is 2.31. The predicted octanol–water partition coefficient (Wildman–Crippen LogP) is 1.51. The molecule has 0 atom stereocenters. The van der Waals surface area contributed by atoms with Crippen LogP contribution in [-0.4, -0.2) is 18.2 Å². The minimum Gasteiger partial charge on any atom is -0.268 e. The lowest BCUT2D eigenvalue weighted by atomic mass is 10.1. The minimum absolute atomic E-state index is 0.108. The van der Waals surface area contributed by atoms with E-state index < -0.39 is 10.0 Å². The molecule has 0 spiro atoms. The van der Waals surface area contributed by atoms with E-state index in [9.17, 15) is 13.2 Å². The molecule has 6 nitrogen and oxygen atoms in total. The Morgan fingerprint density at radius 1 is 1.10 bits per heavy atom. The van der Waals surface area contributed by atoms with Gasteiger partial charge in [-0.25, -0.2) is 13.1 Å². The predicted molar refractivity (Wildman–Crippen MR) is 80.9 cm³/mol. The maximum atomic E-state index is 12.5. The van der Waals surface area contributed by atoms with Crippen LogP contribution in [0.25, 0.3) is 0 Å². The molecule has 0 saturated carbocycles. The van der Waals surface area contributed by atoms with Gasteiger partial charge in [-0.2, -0.15) is 5.10 Å². The molecular weight excluding hydrogens is 290 g/mol. The number of sulfonamides is 1. The first-order valence-electron chi connectivity index (χ1n) is 6.36. The molecule has 0 saturated heterocycles.